The van der Waals surface area contributed by atoms with Crippen molar-refractivity contribution in [1.29, 1.82) is 5.26 Å². The molecule has 2 aromatic carbocycles. The van der Waals surface area contributed by atoms with Gasteiger partial charge in [-0.05, 0) is 31.2 Å². The molecule has 1 N–H and O–H groups in total. The summed E-state index contributed by atoms with van der Waals surface area (Å²) in [6.07, 6.45) is 1.10. The van der Waals surface area contributed by atoms with Gasteiger partial charge in [0.25, 0.3) is 0 Å². The minimum absolute atomic E-state index is 0.558. The number of aliphatic hydroxyl groups excluding tert-OH is 1. The van der Waals surface area contributed by atoms with Gasteiger partial charge in [0.05, 0.1) is 34.5 Å². The fraction of sp³-hybridized carbons (Fsp3) is 0.125. The van der Waals surface area contributed by atoms with Crippen LogP contribution in [-0.2, 0) is 0 Å². The normalized spacial score (nSPS) is 12.2. The first-order valence-corrected chi connectivity index (χ1v) is 6.35. The molecule has 3 aromatic rings. The van der Waals surface area contributed by atoms with Gasteiger partial charge < -0.3 is 5.11 Å². The molecule has 0 saturated heterocycles. The molecule has 3 rings (SSSR count). The molecule has 0 aliphatic carbocycles. The largest absolute Gasteiger partial charge is 0.389 e. The van der Waals surface area contributed by atoms with Crippen LogP contribution in [0.3, 0.4) is 0 Å². The number of hydrogen-bond acceptors (Lipinski definition) is 3. The summed E-state index contributed by atoms with van der Waals surface area (Å²) in [7, 11) is 0. The van der Waals surface area contributed by atoms with Crippen LogP contribution in [0.2, 0.25) is 0 Å². The van der Waals surface area contributed by atoms with Gasteiger partial charge in [-0.25, -0.2) is 4.98 Å². The first kappa shape index (κ1) is 12.4. The zero-order chi connectivity index (χ0) is 14.1. The highest BCUT2D eigenvalue weighted by atomic mass is 16.3. The Morgan fingerprint density at radius 3 is 2.80 bits per heavy atom. The zero-order valence-corrected chi connectivity index (χ0v) is 11.0. The maximum Gasteiger partial charge on any atom is 0.100 e. The number of aliphatic hydroxyl groups is 1. The Morgan fingerprint density at radius 2 is 2.05 bits per heavy atom. The number of aromatic nitrogens is 2. The molecule has 0 saturated carbocycles. The Hall–Kier alpha value is -2.64. The predicted octanol–water partition coefficient (Wildman–Crippen LogP) is 2.95. The van der Waals surface area contributed by atoms with E-state index in [0.29, 0.717) is 5.56 Å². The third-order valence-electron chi connectivity index (χ3n) is 3.32. The van der Waals surface area contributed by atoms with Gasteiger partial charge in [-0.1, -0.05) is 18.2 Å². The minimum Gasteiger partial charge on any atom is -0.389 e. The molecule has 0 spiro atoms. The molecule has 1 atom stereocenters. The van der Waals surface area contributed by atoms with E-state index in [9.17, 15) is 5.11 Å². The molecule has 0 unspecified atom stereocenters. The van der Waals surface area contributed by atoms with Crippen molar-refractivity contribution in [2.24, 2.45) is 0 Å². The predicted molar refractivity (Wildman–Crippen MR) is 76.4 cm³/mol. The first-order valence-electron chi connectivity index (χ1n) is 6.35. The van der Waals surface area contributed by atoms with Gasteiger partial charge in [-0.3, -0.25) is 4.57 Å². The van der Waals surface area contributed by atoms with Crippen molar-refractivity contribution in [2.45, 2.75) is 13.0 Å². The molecule has 1 aromatic heterocycles. The van der Waals surface area contributed by atoms with E-state index in [1.807, 2.05) is 28.8 Å². The summed E-state index contributed by atoms with van der Waals surface area (Å²) in [6.45, 7) is 1.71. The van der Waals surface area contributed by atoms with E-state index in [1.165, 1.54) is 0 Å². The summed E-state index contributed by atoms with van der Waals surface area (Å²) >= 11 is 0. The molecule has 0 aliphatic rings. The van der Waals surface area contributed by atoms with Gasteiger partial charge in [-0.2, -0.15) is 5.26 Å². The van der Waals surface area contributed by atoms with Gasteiger partial charge in [0.2, 0.25) is 0 Å². The Bertz CT molecular complexity index is 812. The molecule has 1 heterocycles. The SMILES string of the molecule is C[C@H](O)c1ccc(C#N)cc1-n1cnc2ccccc21. The number of imidazole rings is 1. The van der Waals surface area contributed by atoms with Crippen molar-refractivity contribution in [3.05, 3.63) is 59.9 Å². The summed E-state index contributed by atoms with van der Waals surface area (Å²) in [4.78, 5) is 4.35. The summed E-state index contributed by atoms with van der Waals surface area (Å²) in [6, 6.07) is 15.2. The van der Waals surface area contributed by atoms with Crippen molar-refractivity contribution in [3.8, 4) is 11.8 Å². The molecule has 4 heteroatoms. The minimum atomic E-state index is -0.612. The van der Waals surface area contributed by atoms with E-state index >= 15 is 0 Å². The summed E-state index contributed by atoms with van der Waals surface area (Å²) in [5.74, 6) is 0. The molecule has 20 heavy (non-hydrogen) atoms. The topological polar surface area (TPSA) is 61.8 Å². The number of nitrogens with zero attached hydrogens (tertiary/aromatic N) is 3. The number of fused-ring (bicyclic) bond motifs is 1. The number of para-hydroxylation sites is 2. The highest BCUT2D eigenvalue weighted by Gasteiger charge is 2.13. The van der Waals surface area contributed by atoms with Crippen LogP contribution in [0.5, 0.6) is 0 Å². The molecule has 0 radical (unpaired) electrons. The van der Waals surface area contributed by atoms with Gasteiger partial charge >= 0.3 is 0 Å². The van der Waals surface area contributed by atoms with Gasteiger partial charge in [0.1, 0.15) is 6.33 Å². The van der Waals surface area contributed by atoms with Crippen LogP contribution < -0.4 is 0 Å². The molecular weight excluding hydrogens is 250 g/mol. The van der Waals surface area contributed by atoms with E-state index < -0.39 is 6.10 Å². The average Bonchev–Trinajstić information content (AvgIpc) is 2.90. The second kappa shape index (κ2) is 4.80. The Balaban J connectivity index is 2.30. The lowest BCUT2D eigenvalue weighted by atomic mass is 10.1. The number of nitriles is 1. The van der Waals surface area contributed by atoms with E-state index in [4.69, 9.17) is 5.26 Å². The lowest BCUT2D eigenvalue weighted by Gasteiger charge is -2.14. The van der Waals surface area contributed by atoms with Gasteiger partial charge in [0, 0.05) is 5.56 Å². The maximum atomic E-state index is 9.92. The number of hydrogen-bond donors (Lipinski definition) is 1. The first-order chi connectivity index (χ1) is 9.70. The van der Waals surface area contributed by atoms with Crippen LogP contribution in [0.4, 0.5) is 0 Å². The van der Waals surface area contributed by atoms with Crippen LogP contribution in [0.25, 0.3) is 16.7 Å². The van der Waals surface area contributed by atoms with Crippen LogP contribution >= 0.6 is 0 Å². The molecule has 4 nitrogen and oxygen atoms in total. The Kier molecular flexibility index (Phi) is 2.97. The summed E-state index contributed by atoms with van der Waals surface area (Å²) in [5, 5.41) is 19.0. The number of benzene rings is 2. The molecule has 0 aliphatic heterocycles. The molecule has 0 fully saturated rings. The Morgan fingerprint density at radius 1 is 1.25 bits per heavy atom. The van der Waals surface area contributed by atoms with E-state index in [0.717, 1.165) is 22.3 Å². The third kappa shape index (κ3) is 1.94. The Labute approximate surface area is 116 Å². The zero-order valence-electron chi connectivity index (χ0n) is 11.0. The summed E-state index contributed by atoms with van der Waals surface area (Å²) in [5.41, 5.74) is 3.94. The fourth-order valence-electron chi connectivity index (χ4n) is 2.33. The smallest absolute Gasteiger partial charge is 0.100 e. The molecule has 0 bridgehead atoms. The maximum absolute atomic E-state index is 9.92. The highest BCUT2D eigenvalue weighted by molar-refractivity contribution is 5.77. The average molecular weight is 263 g/mol. The van der Waals surface area contributed by atoms with E-state index in [-0.39, 0.29) is 0 Å². The molecule has 98 valence electrons. The standard InChI is InChI=1S/C16H13N3O/c1-11(20)13-7-6-12(9-17)8-16(13)19-10-18-14-4-2-3-5-15(14)19/h2-8,10-11,20H,1H3/t11-/m0/s1. The second-order valence-electron chi connectivity index (χ2n) is 4.66. The van der Waals surface area contributed by atoms with E-state index in [1.54, 1.807) is 31.5 Å². The lowest BCUT2D eigenvalue weighted by molar-refractivity contribution is 0.199. The van der Waals surface area contributed by atoms with Crippen LogP contribution in [0, 0.1) is 11.3 Å². The molecule has 0 amide bonds. The molecular formula is C16H13N3O. The van der Waals surface area contributed by atoms with Crippen LogP contribution in [-0.4, -0.2) is 14.7 Å². The van der Waals surface area contributed by atoms with E-state index in [2.05, 4.69) is 11.1 Å². The van der Waals surface area contributed by atoms with Crippen molar-refractivity contribution in [1.82, 2.24) is 9.55 Å². The summed E-state index contributed by atoms with van der Waals surface area (Å²) < 4.78 is 1.90. The monoisotopic (exact) mass is 263 g/mol. The second-order valence-corrected chi connectivity index (χ2v) is 4.66. The lowest BCUT2D eigenvalue weighted by Crippen LogP contribution is -2.02. The van der Waals surface area contributed by atoms with Crippen molar-refractivity contribution < 1.29 is 5.11 Å². The van der Waals surface area contributed by atoms with Crippen LogP contribution in [0.15, 0.2) is 48.8 Å². The van der Waals surface area contributed by atoms with Crippen molar-refractivity contribution in [3.63, 3.8) is 0 Å². The van der Waals surface area contributed by atoms with Crippen molar-refractivity contribution >= 4 is 11.0 Å². The van der Waals surface area contributed by atoms with Gasteiger partial charge in [0.15, 0.2) is 0 Å². The fourth-order valence-corrected chi connectivity index (χ4v) is 2.33. The highest BCUT2D eigenvalue weighted by Crippen LogP contribution is 2.26. The third-order valence-corrected chi connectivity index (χ3v) is 3.32. The van der Waals surface area contributed by atoms with Crippen molar-refractivity contribution in [2.75, 3.05) is 0 Å². The van der Waals surface area contributed by atoms with Crippen LogP contribution in [0.1, 0.15) is 24.2 Å². The number of rotatable bonds is 2. The quantitative estimate of drug-likeness (QED) is 0.773. The van der Waals surface area contributed by atoms with Gasteiger partial charge in [-0.15, -0.1) is 0 Å².